The highest BCUT2D eigenvalue weighted by molar-refractivity contribution is 9.10. The molecule has 0 aromatic heterocycles. The molecule has 1 aliphatic heterocycles. The van der Waals surface area contributed by atoms with Crippen LogP contribution in [0.4, 0.5) is 11.4 Å². The summed E-state index contributed by atoms with van der Waals surface area (Å²) >= 11 is 3.14. The summed E-state index contributed by atoms with van der Waals surface area (Å²) in [6.45, 7) is 0.421. The normalized spacial score (nSPS) is 14.6. The molecular weight excluding hydrogens is 278 g/mol. The summed E-state index contributed by atoms with van der Waals surface area (Å²) in [6.07, 6.45) is 1.48. The van der Waals surface area contributed by atoms with E-state index in [0.29, 0.717) is 11.1 Å². The Hall–Kier alpha value is -1.67. The van der Waals surface area contributed by atoms with E-state index in [9.17, 15) is 10.1 Å². The van der Waals surface area contributed by atoms with Crippen LogP contribution in [0.15, 0.2) is 27.8 Å². The first-order valence-corrected chi connectivity index (χ1v) is 5.14. The Labute approximate surface area is 99.4 Å². The zero-order chi connectivity index (χ0) is 11.7. The van der Waals surface area contributed by atoms with E-state index in [2.05, 4.69) is 21.0 Å². The van der Waals surface area contributed by atoms with Gasteiger partial charge >= 0.3 is 0 Å². The lowest BCUT2D eigenvalue weighted by Gasteiger charge is -2.15. The zero-order valence-corrected chi connectivity index (χ0v) is 9.66. The van der Waals surface area contributed by atoms with Crippen molar-refractivity contribution in [2.45, 2.75) is 0 Å². The molecule has 1 heterocycles. The highest BCUT2D eigenvalue weighted by atomic mass is 79.9. The number of benzene rings is 1. The molecule has 84 valence electrons. The van der Waals surface area contributed by atoms with E-state index in [1.807, 2.05) is 0 Å². The number of hydrogen-bond acceptors (Lipinski definition) is 6. The first-order chi connectivity index (χ1) is 7.58. The average Bonchev–Trinajstić information content (AvgIpc) is 2.64. The molecule has 1 aliphatic rings. The quantitative estimate of drug-likeness (QED) is 0.502. The predicted octanol–water partition coefficient (Wildman–Crippen LogP) is 1.25. The van der Waals surface area contributed by atoms with Gasteiger partial charge in [0.15, 0.2) is 0 Å². The Balaban J connectivity index is 2.28. The van der Waals surface area contributed by atoms with E-state index in [0.717, 1.165) is 5.69 Å². The second-order valence-electron chi connectivity index (χ2n) is 3.18. The average molecular weight is 286 g/mol. The van der Waals surface area contributed by atoms with Gasteiger partial charge in [-0.2, -0.15) is 5.10 Å². The molecule has 0 radical (unpaired) electrons. The van der Waals surface area contributed by atoms with Gasteiger partial charge in [-0.3, -0.25) is 15.1 Å². The number of nitro groups is 1. The van der Waals surface area contributed by atoms with Gasteiger partial charge in [0.1, 0.15) is 13.0 Å². The van der Waals surface area contributed by atoms with Crippen molar-refractivity contribution in [3.63, 3.8) is 0 Å². The van der Waals surface area contributed by atoms with Crippen LogP contribution in [0, 0.1) is 10.1 Å². The molecule has 0 fully saturated rings. The maximum Gasteiger partial charge on any atom is 0.283 e. The lowest BCUT2D eigenvalue weighted by Crippen LogP contribution is -2.32. The summed E-state index contributed by atoms with van der Waals surface area (Å²) in [6, 6.07) is 4.68. The van der Waals surface area contributed by atoms with E-state index in [1.165, 1.54) is 17.4 Å². The number of nitrogens with zero attached hydrogens (tertiary/aromatic N) is 4. The highest BCUT2D eigenvalue weighted by Gasteiger charge is 2.17. The zero-order valence-electron chi connectivity index (χ0n) is 8.08. The van der Waals surface area contributed by atoms with Crippen LogP contribution >= 0.6 is 15.9 Å². The molecule has 0 saturated heterocycles. The summed E-state index contributed by atoms with van der Waals surface area (Å²) in [5.74, 6) is 5.50. The van der Waals surface area contributed by atoms with Gasteiger partial charge in [-0.1, -0.05) is 0 Å². The van der Waals surface area contributed by atoms with Crippen molar-refractivity contribution in [2.24, 2.45) is 10.9 Å². The van der Waals surface area contributed by atoms with E-state index < -0.39 is 4.92 Å². The number of hydrazine groups is 1. The summed E-state index contributed by atoms with van der Waals surface area (Å²) in [5.41, 5.74) is 0.762. The fraction of sp³-hybridized carbons (Fsp3) is 0.125. The second-order valence-corrected chi connectivity index (χ2v) is 4.03. The third kappa shape index (κ3) is 1.97. The Morgan fingerprint density at radius 2 is 2.31 bits per heavy atom. The summed E-state index contributed by atoms with van der Waals surface area (Å²) < 4.78 is 0.417. The third-order valence-electron chi connectivity index (χ3n) is 2.06. The van der Waals surface area contributed by atoms with Crippen LogP contribution in [0.25, 0.3) is 0 Å². The minimum absolute atomic E-state index is 0.0246. The molecule has 7 nitrogen and oxygen atoms in total. The van der Waals surface area contributed by atoms with Gasteiger partial charge in [-0.15, -0.1) is 0 Å². The molecule has 0 atom stereocenters. The van der Waals surface area contributed by atoms with Crippen LogP contribution < -0.4 is 10.9 Å². The second kappa shape index (κ2) is 4.06. The summed E-state index contributed by atoms with van der Waals surface area (Å²) in [5, 5.41) is 17.7. The first kappa shape index (κ1) is 10.8. The van der Waals surface area contributed by atoms with E-state index in [1.54, 1.807) is 17.1 Å². The fourth-order valence-electron chi connectivity index (χ4n) is 1.31. The monoisotopic (exact) mass is 285 g/mol. The fourth-order valence-corrected chi connectivity index (χ4v) is 1.82. The highest BCUT2D eigenvalue weighted by Crippen LogP contribution is 2.30. The van der Waals surface area contributed by atoms with E-state index in [4.69, 9.17) is 5.84 Å². The minimum Gasteiger partial charge on any atom is -0.278 e. The van der Waals surface area contributed by atoms with Crippen LogP contribution in [-0.2, 0) is 0 Å². The molecule has 1 aromatic carbocycles. The van der Waals surface area contributed by atoms with Crippen molar-refractivity contribution in [3.8, 4) is 0 Å². The molecule has 0 aliphatic carbocycles. The van der Waals surface area contributed by atoms with Gasteiger partial charge in [0.25, 0.3) is 5.69 Å². The maximum absolute atomic E-state index is 10.6. The van der Waals surface area contributed by atoms with E-state index >= 15 is 0 Å². The lowest BCUT2D eigenvalue weighted by molar-refractivity contribution is -0.385. The number of hydrogen-bond donors (Lipinski definition) is 1. The van der Waals surface area contributed by atoms with Gasteiger partial charge in [0.05, 0.1) is 15.1 Å². The largest absolute Gasteiger partial charge is 0.283 e. The van der Waals surface area contributed by atoms with Gasteiger partial charge in [0, 0.05) is 6.07 Å². The maximum atomic E-state index is 10.6. The number of nitrogens with two attached hydrogens (primary N) is 1. The lowest BCUT2D eigenvalue weighted by atomic mass is 10.3. The molecule has 2 N–H and O–H groups in total. The van der Waals surface area contributed by atoms with Crippen LogP contribution in [0.5, 0.6) is 0 Å². The molecule has 0 saturated carbocycles. The van der Waals surface area contributed by atoms with Gasteiger partial charge in [-0.05, 0) is 28.1 Å². The molecule has 0 bridgehead atoms. The first-order valence-electron chi connectivity index (χ1n) is 4.35. The Bertz CT molecular complexity index is 464. The molecule has 1 aromatic rings. The molecule has 8 heteroatoms. The molecular formula is C8H8BrN5O2. The van der Waals surface area contributed by atoms with Crippen molar-refractivity contribution in [1.82, 2.24) is 5.01 Å². The van der Waals surface area contributed by atoms with Crippen molar-refractivity contribution in [2.75, 3.05) is 11.7 Å². The van der Waals surface area contributed by atoms with Crippen molar-refractivity contribution in [1.29, 1.82) is 0 Å². The molecule has 0 unspecified atom stereocenters. The Morgan fingerprint density at radius 3 is 2.81 bits per heavy atom. The van der Waals surface area contributed by atoms with Gasteiger partial charge in [0.2, 0.25) is 0 Å². The third-order valence-corrected chi connectivity index (χ3v) is 2.70. The smallest absolute Gasteiger partial charge is 0.278 e. The number of hydrazone groups is 1. The number of anilines is 1. The number of nitro benzene ring substituents is 1. The van der Waals surface area contributed by atoms with Crippen molar-refractivity contribution < 1.29 is 4.92 Å². The van der Waals surface area contributed by atoms with Crippen LogP contribution in [-0.4, -0.2) is 22.9 Å². The topological polar surface area (TPSA) is 88.0 Å². The molecule has 2 rings (SSSR count). The Morgan fingerprint density at radius 1 is 1.56 bits per heavy atom. The standard InChI is InChI=1S/C8H8BrN5O2/c9-7-3-6(1-2-8(7)14(15)16)13-5-12(10)4-11-13/h1-4H,5,10H2. The number of rotatable bonds is 2. The number of halogens is 1. The van der Waals surface area contributed by atoms with Crippen LogP contribution in [0.3, 0.4) is 0 Å². The van der Waals surface area contributed by atoms with Crippen LogP contribution in [0.1, 0.15) is 0 Å². The van der Waals surface area contributed by atoms with Crippen LogP contribution in [0.2, 0.25) is 0 Å². The summed E-state index contributed by atoms with van der Waals surface area (Å²) in [7, 11) is 0. The van der Waals surface area contributed by atoms with Gasteiger partial charge in [-0.25, -0.2) is 10.9 Å². The Kier molecular flexibility index (Phi) is 2.75. The van der Waals surface area contributed by atoms with Crippen molar-refractivity contribution >= 4 is 33.6 Å². The predicted molar refractivity (Wildman–Crippen MR) is 62.7 cm³/mol. The van der Waals surface area contributed by atoms with E-state index in [-0.39, 0.29) is 5.69 Å². The molecule has 0 amide bonds. The summed E-state index contributed by atoms with van der Waals surface area (Å²) in [4.78, 5) is 10.2. The minimum atomic E-state index is -0.448. The van der Waals surface area contributed by atoms with Gasteiger partial charge < -0.3 is 0 Å². The molecule has 0 spiro atoms. The SMILES string of the molecule is NN1C=NN(c2ccc([N+](=O)[O-])c(Br)c2)C1. The molecule has 16 heavy (non-hydrogen) atoms. The van der Waals surface area contributed by atoms with Crippen molar-refractivity contribution in [3.05, 3.63) is 32.8 Å².